The maximum absolute atomic E-state index is 13.0. The van der Waals surface area contributed by atoms with Crippen LogP contribution in [0.3, 0.4) is 0 Å². The van der Waals surface area contributed by atoms with E-state index in [9.17, 15) is 13.2 Å². The molecule has 0 saturated heterocycles. The summed E-state index contributed by atoms with van der Waals surface area (Å²) in [5.74, 6) is 7.58. The summed E-state index contributed by atoms with van der Waals surface area (Å²) >= 11 is 6.12. The van der Waals surface area contributed by atoms with Gasteiger partial charge >= 0.3 is 6.18 Å². The maximum Gasteiger partial charge on any atom is 0.416 e. The Morgan fingerprint density at radius 2 is 1.21 bits per heavy atom. The first-order valence-corrected chi connectivity index (χ1v) is 15.1. The summed E-state index contributed by atoms with van der Waals surface area (Å²) in [6.45, 7) is 2.38. The average Bonchev–Trinajstić information content (AvgIpc) is 3.27. The van der Waals surface area contributed by atoms with Crippen LogP contribution in [-0.4, -0.2) is 50.1 Å². The molecule has 0 spiro atoms. The van der Waals surface area contributed by atoms with E-state index >= 15 is 0 Å². The third-order valence-corrected chi connectivity index (χ3v) is 7.72. The van der Waals surface area contributed by atoms with Crippen molar-refractivity contribution in [2.45, 2.75) is 6.18 Å². The number of likely N-dealkylation sites (N-methyl/N-ethyl adjacent to an activating group) is 2. The highest BCUT2D eigenvalue weighted by Gasteiger charge is 2.32. The van der Waals surface area contributed by atoms with Crippen molar-refractivity contribution in [2.75, 3.05) is 40.3 Å². The third-order valence-electron chi connectivity index (χ3n) is 7.48. The van der Waals surface area contributed by atoms with Gasteiger partial charge in [-0.3, -0.25) is 9.80 Å². The van der Waals surface area contributed by atoms with Crippen LogP contribution in [0.25, 0.3) is 23.3 Å². The molecule has 4 aromatic carbocycles. The highest BCUT2D eigenvalue weighted by Crippen LogP contribution is 2.42. The fourth-order valence-corrected chi connectivity index (χ4v) is 5.47. The lowest BCUT2D eigenvalue weighted by Gasteiger charge is -2.17. The summed E-state index contributed by atoms with van der Waals surface area (Å²) in [5, 5.41) is 0.662. The molecule has 0 radical (unpaired) electrons. The molecule has 0 aromatic heterocycles. The Labute approximate surface area is 278 Å². The molecule has 0 unspecified atom stereocenters. The van der Waals surface area contributed by atoms with Crippen molar-refractivity contribution in [3.63, 3.8) is 0 Å². The summed E-state index contributed by atoms with van der Waals surface area (Å²) in [4.78, 5) is 4.05. The Morgan fingerprint density at radius 3 is 1.85 bits per heavy atom. The number of benzene rings is 4. The van der Waals surface area contributed by atoms with Crippen LogP contribution in [0, 0.1) is 24.7 Å². The molecule has 2 aliphatic rings. The minimum atomic E-state index is -4.41. The number of nitrogens with zero attached hydrogens (tertiary/aromatic N) is 2. The van der Waals surface area contributed by atoms with E-state index < -0.39 is 11.7 Å². The van der Waals surface area contributed by atoms with Crippen molar-refractivity contribution in [3.05, 3.63) is 118 Å². The minimum absolute atomic E-state index is 0.192. The van der Waals surface area contributed by atoms with Gasteiger partial charge in [-0.25, -0.2) is 0 Å². The second-order valence-electron chi connectivity index (χ2n) is 11.2. The average molecular weight is 653 g/mol. The highest BCUT2D eigenvalue weighted by atomic mass is 35.5. The molecule has 0 bridgehead atoms. The van der Waals surface area contributed by atoms with E-state index in [1.54, 1.807) is 12.1 Å². The van der Waals surface area contributed by atoms with Crippen LogP contribution in [0.2, 0.25) is 5.02 Å². The number of ether oxygens (including phenoxy) is 2. The molecular formula is C39H32ClF3N2O2. The van der Waals surface area contributed by atoms with Gasteiger partial charge in [-0.2, -0.15) is 13.2 Å². The van der Waals surface area contributed by atoms with Crippen molar-refractivity contribution in [1.82, 2.24) is 9.80 Å². The number of alkyl halides is 3. The summed E-state index contributed by atoms with van der Waals surface area (Å²) in [7, 11) is 3.90. The second kappa shape index (κ2) is 14.7. The first-order chi connectivity index (χ1) is 22.5. The molecule has 2 heterocycles. The first-order valence-electron chi connectivity index (χ1n) is 14.8. The molecular weight excluding hydrogens is 621 g/mol. The Kier molecular flexibility index (Phi) is 10.4. The van der Waals surface area contributed by atoms with Gasteiger partial charge in [0.1, 0.15) is 23.0 Å². The molecule has 0 atom stereocenters. The molecule has 0 amide bonds. The zero-order chi connectivity index (χ0) is 33.6. The molecule has 4 aromatic rings. The van der Waals surface area contributed by atoms with E-state index in [-0.39, 0.29) is 5.75 Å². The van der Waals surface area contributed by atoms with E-state index in [4.69, 9.17) is 33.9 Å². The van der Waals surface area contributed by atoms with Gasteiger partial charge in [0.05, 0.1) is 18.7 Å². The van der Waals surface area contributed by atoms with Crippen LogP contribution in [-0.2, 0) is 6.18 Å². The molecule has 0 saturated carbocycles. The third kappa shape index (κ3) is 8.27. The monoisotopic (exact) mass is 652 g/mol. The number of rotatable bonds is 6. The number of hydrogen-bond donors (Lipinski definition) is 0. The van der Waals surface area contributed by atoms with Crippen LogP contribution in [0.4, 0.5) is 13.2 Å². The Morgan fingerprint density at radius 1 is 0.660 bits per heavy atom. The number of terminal acetylenes is 2. The van der Waals surface area contributed by atoms with Gasteiger partial charge in [-0.05, 0) is 73.8 Å². The van der Waals surface area contributed by atoms with E-state index in [2.05, 4.69) is 22.8 Å². The van der Waals surface area contributed by atoms with E-state index in [1.807, 2.05) is 79.7 Å². The topological polar surface area (TPSA) is 24.9 Å². The lowest BCUT2D eigenvalue weighted by Crippen LogP contribution is -2.20. The lowest BCUT2D eigenvalue weighted by molar-refractivity contribution is -0.137. The zero-order valence-corrected chi connectivity index (χ0v) is 26.7. The van der Waals surface area contributed by atoms with Crippen molar-refractivity contribution in [1.29, 1.82) is 0 Å². The van der Waals surface area contributed by atoms with Gasteiger partial charge in [0.15, 0.2) is 0 Å². The maximum atomic E-state index is 13.0. The van der Waals surface area contributed by atoms with E-state index in [0.717, 1.165) is 58.0 Å². The Balaban J connectivity index is 0.000000186. The van der Waals surface area contributed by atoms with Gasteiger partial charge in [0.2, 0.25) is 0 Å². The summed E-state index contributed by atoms with van der Waals surface area (Å²) in [6.07, 6.45) is 10.4. The van der Waals surface area contributed by atoms with Gasteiger partial charge in [-0.15, -0.1) is 12.8 Å². The van der Waals surface area contributed by atoms with E-state index in [1.165, 1.54) is 6.07 Å². The van der Waals surface area contributed by atoms with Crippen LogP contribution >= 0.6 is 11.6 Å². The highest BCUT2D eigenvalue weighted by molar-refractivity contribution is 6.30. The second-order valence-corrected chi connectivity index (χ2v) is 11.7. The zero-order valence-electron chi connectivity index (χ0n) is 25.9. The van der Waals surface area contributed by atoms with Crippen LogP contribution in [0.1, 0.15) is 27.8 Å². The number of fused-ring (bicyclic) bond motifs is 4. The summed E-state index contributed by atoms with van der Waals surface area (Å²) < 4.78 is 50.8. The molecule has 0 fully saturated rings. The summed E-state index contributed by atoms with van der Waals surface area (Å²) in [6, 6.07) is 24.6. The first kappa shape index (κ1) is 33.4. The fraction of sp³-hybridized carbons (Fsp3) is 0.179. The normalized spacial score (nSPS) is 12.9. The van der Waals surface area contributed by atoms with Gasteiger partial charge < -0.3 is 9.47 Å². The minimum Gasteiger partial charge on any atom is -0.456 e. The standard InChI is InChI=1S/C20H16F3NO.C19H16ClNO/c1-3-10-24(2)13-15-11-14-8-9-16(20(21,22)23)12-19(14)25-18-7-5-4-6-17(15)18;1-3-10-21(2)13-15-11-14-6-4-5-7-18(14)22-19-12-16(20)8-9-17(15)19/h1,4-9,11-12H,10,13H2,2H3;1,4-9,11-12H,10,13H2,2H3. The predicted molar refractivity (Wildman–Crippen MR) is 184 cm³/mol. The van der Waals surface area contributed by atoms with Crippen molar-refractivity contribution >= 4 is 34.9 Å². The van der Waals surface area contributed by atoms with Crippen LogP contribution in [0.5, 0.6) is 23.0 Å². The van der Waals surface area contributed by atoms with Crippen LogP contribution < -0.4 is 9.47 Å². The molecule has 4 nitrogen and oxygen atoms in total. The van der Waals surface area contributed by atoms with Gasteiger partial charge in [-0.1, -0.05) is 65.9 Å². The largest absolute Gasteiger partial charge is 0.456 e. The van der Waals surface area contributed by atoms with Crippen molar-refractivity contribution in [2.24, 2.45) is 0 Å². The Hall–Kier alpha value is -4.92. The number of halogens is 4. The molecule has 0 N–H and O–H groups in total. The summed E-state index contributed by atoms with van der Waals surface area (Å²) in [5.41, 5.74) is 4.92. The lowest BCUT2D eigenvalue weighted by atomic mass is 10.0. The molecule has 6 rings (SSSR count). The van der Waals surface area contributed by atoms with Crippen molar-refractivity contribution in [3.8, 4) is 47.7 Å². The van der Waals surface area contributed by atoms with Crippen LogP contribution in [0.15, 0.2) is 84.9 Å². The molecule has 47 heavy (non-hydrogen) atoms. The number of hydrogen-bond acceptors (Lipinski definition) is 4. The Bertz CT molecular complexity index is 1920. The van der Waals surface area contributed by atoms with Gasteiger partial charge in [0.25, 0.3) is 0 Å². The molecule has 238 valence electrons. The number of para-hydroxylation sites is 2. The van der Waals surface area contributed by atoms with E-state index in [0.29, 0.717) is 36.0 Å². The fourth-order valence-electron chi connectivity index (χ4n) is 5.31. The molecule has 0 aliphatic carbocycles. The quantitative estimate of drug-likeness (QED) is 0.194. The van der Waals surface area contributed by atoms with Crippen molar-refractivity contribution < 1.29 is 22.6 Å². The predicted octanol–water partition coefficient (Wildman–Crippen LogP) is 9.47. The smallest absolute Gasteiger partial charge is 0.416 e. The van der Waals surface area contributed by atoms with Gasteiger partial charge in [0, 0.05) is 46.4 Å². The SMILES string of the molecule is C#CCN(C)CC1=Cc2ccc(C(F)(F)F)cc2Oc2ccccc21.C#CCN(C)CC1=Cc2ccccc2Oc2cc(Cl)ccc21. The molecule has 8 heteroatoms. The molecule has 2 aliphatic heterocycles.